The maximum atomic E-state index is 12.5. The van der Waals surface area contributed by atoms with Gasteiger partial charge in [-0.2, -0.15) is 0 Å². The minimum Gasteiger partial charge on any atom is -0.389 e. The molecule has 0 saturated carbocycles. The number of pyridine rings is 1. The average molecular weight is 293 g/mol. The van der Waals surface area contributed by atoms with Crippen LogP contribution in [0.3, 0.4) is 0 Å². The summed E-state index contributed by atoms with van der Waals surface area (Å²) in [4.78, 5) is 15.1. The lowest BCUT2D eigenvalue weighted by atomic mass is 10.0. The Morgan fingerprint density at radius 1 is 1.45 bits per heavy atom. The normalized spacial score (nSPS) is 15.1. The Labute approximate surface area is 125 Å². The van der Waals surface area contributed by atoms with E-state index >= 15 is 0 Å². The predicted molar refractivity (Wildman–Crippen MR) is 86.2 cm³/mol. The fraction of sp³-hybridized carbons (Fsp3) is 0.600. The van der Waals surface area contributed by atoms with Gasteiger partial charge in [-0.3, -0.25) is 9.69 Å². The number of likely N-dealkylation sites (N-methyl/N-ethyl adjacent to an activating group) is 1. The SMILES string of the molecule is CCCCn1c2c(cc(C(N)=S)c1=O)CN(CC)CC2. The van der Waals surface area contributed by atoms with Crippen molar-refractivity contribution in [2.75, 3.05) is 13.1 Å². The highest BCUT2D eigenvalue weighted by molar-refractivity contribution is 7.80. The van der Waals surface area contributed by atoms with E-state index in [1.165, 1.54) is 11.3 Å². The second-order valence-corrected chi connectivity index (χ2v) is 5.76. The lowest BCUT2D eigenvalue weighted by Gasteiger charge is -2.30. The Balaban J connectivity index is 2.51. The molecule has 20 heavy (non-hydrogen) atoms. The number of nitrogens with two attached hydrogens (primary N) is 1. The Bertz CT molecular complexity index is 565. The zero-order valence-electron chi connectivity index (χ0n) is 12.3. The van der Waals surface area contributed by atoms with Crippen LogP contribution in [-0.4, -0.2) is 27.5 Å². The summed E-state index contributed by atoms with van der Waals surface area (Å²) in [6.07, 6.45) is 3.00. The van der Waals surface area contributed by atoms with E-state index in [-0.39, 0.29) is 10.5 Å². The summed E-state index contributed by atoms with van der Waals surface area (Å²) in [5.74, 6) is 0. The second kappa shape index (κ2) is 6.50. The molecule has 5 heteroatoms. The number of hydrogen-bond acceptors (Lipinski definition) is 3. The fourth-order valence-electron chi connectivity index (χ4n) is 2.78. The summed E-state index contributed by atoms with van der Waals surface area (Å²) >= 11 is 5.04. The van der Waals surface area contributed by atoms with Crippen LogP contribution < -0.4 is 11.3 Å². The van der Waals surface area contributed by atoms with Gasteiger partial charge in [-0.25, -0.2) is 0 Å². The largest absolute Gasteiger partial charge is 0.389 e. The van der Waals surface area contributed by atoms with E-state index in [0.717, 1.165) is 45.4 Å². The molecule has 0 fully saturated rings. The molecular formula is C15H23N3OS. The molecule has 4 nitrogen and oxygen atoms in total. The Hall–Kier alpha value is -1.20. The molecule has 0 saturated heterocycles. The van der Waals surface area contributed by atoms with E-state index in [1.54, 1.807) is 0 Å². The van der Waals surface area contributed by atoms with Crippen LogP contribution in [0.5, 0.6) is 0 Å². The molecule has 0 bridgehead atoms. The van der Waals surface area contributed by atoms with Crippen molar-refractivity contribution in [3.8, 4) is 0 Å². The van der Waals surface area contributed by atoms with E-state index in [2.05, 4.69) is 18.7 Å². The maximum absolute atomic E-state index is 12.5. The lowest BCUT2D eigenvalue weighted by molar-refractivity contribution is 0.261. The number of fused-ring (bicyclic) bond motifs is 1. The van der Waals surface area contributed by atoms with Crippen molar-refractivity contribution in [1.82, 2.24) is 9.47 Å². The summed E-state index contributed by atoms with van der Waals surface area (Å²) in [5, 5.41) is 0. The first-order valence-corrected chi connectivity index (χ1v) is 7.77. The van der Waals surface area contributed by atoms with Crippen LogP contribution in [0.15, 0.2) is 10.9 Å². The molecule has 110 valence electrons. The van der Waals surface area contributed by atoms with Gasteiger partial charge in [0.15, 0.2) is 0 Å². The van der Waals surface area contributed by atoms with Crippen LogP contribution in [0.4, 0.5) is 0 Å². The third kappa shape index (κ3) is 2.94. The van der Waals surface area contributed by atoms with Crippen LogP contribution >= 0.6 is 12.2 Å². The monoisotopic (exact) mass is 293 g/mol. The summed E-state index contributed by atoms with van der Waals surface area (Å²) in [5.41, 5.74) is 8.57. The van der Waals surface area contributed by atoms with Crippen LogP contribution in [0.25, 0.3) is 0 Å². The van der Waals surface area contributed by atoms with Crippen molar-refractivity contribution < 1.29 is 0 Å². The van der Waals surface area contributed by atoms with E-state index in [1.807, 2.05) is 10.6 Å². The van der Waals surface area contributed by atoms with Gasteiger partial charge >= 0.3 is 0 Å². The zero-order valence-corrected chi connectivity index (χ0v) is 13.1. The first-order valence-electron chi connectivity index (χ1n) is 7.36. The zero-order chi connectivity index (χ0) is 14.7. The highest BCUT2D eigenvalue weighted by Crippen LogP contribution is 2.19. The van der Waals surface area contributed by atoms with Crippen molar-refractivity contribution in [3.63, 3.8) is 0 Å². The molecule has 0 atom stereocenters. The second-order valence-electron chi connectivity index (χ2n) is 5.32. The number of rotatable bonds is 5. The van der Waals surface area contributed by atoms with Gasteiger partial charge in [0, 0.05) is 31.7 Å². The molecule has 1 aromatic heterocycles. The van der Waals surface area contributed by atoms with Crippen molar-refractivity contribution in [2.45, 2.75) is 46.2 Å². The van der Waals surface area contributed by atoms with Crippen molar-refractivity contribution >= 4 is 17.2 Å². The predicted octanol–water partition coefficient (Wildman–Crippen LogP) is 1.66. The standard InChI is InChI=1S/C15H23N3OS/c1-3-5-7-18-13-6-8-17(4-2)10-11(13)9-12(14(16)20)15(18)19/h9H,3-8,10H2,1-2H3,(H2,16,20). The van der Waals surface area contributed by atoms with Crippen molar-refractivity contribution in [2.24, 2.45) is 5.73 Å². The topological polar surface area (TPSA) is 51.3 Å². The Kier molecular flexibility index (Phi) is 4.94. The first-order chi connectivity index (χ1) is 9.58. The molecule has 1 aliphatic heterocycles. The van der Waals surface area contributed by atoms with E-state index in [4.69, 9.17) is 18.0 Å². The van der Waals surface area contributed by atoms with Crippen LogP contribution in [0.2, 0.25) is 0 Å². The summed E-state index contributed by atoms with van der Waals surface area (Å²) < 4.78 is 1.90. The quantitative estimate of drug-likeness (QED) is 0.839. The summed E-state index contributed by atoms with van der Waals surface area (Å²) in [7, 11) is 0. The van der Waals surface area contributed by atoms with Gasteiger partial charge < -0.3 is 10.3 Å². The molecule has 0 radical (unpaired) electrons. The minimum absolute atomic E-state index is 0.0188. The van der Waals surface area contributed by atoms with Gasteiger partial charge in [0.25, 0.3) is 5.56 Å². The molecule has 0 unspecified atom stereocenters. The number of aromatic nitrogens is 1. The third-order valence-corrected chi connectivity index (χ3v) is 4.22. The molecule has 1 aliphatic rings. The van der Waals surface area contributed by atoms with Crippen LogP contribution in [0.1, 0.15) is 43.5 Å². The number of thiocarbonyl (C=S) groups is 1. The molecule has 0 aliphatic carbocycles. The maximum Gasteiger partial charge on any atom is 0.261 e. The minimum atomic E-state index is -0.0188. The fourth-order valence-corrected chi connectivity index (χ4v) is 2.92. The number of hydrogen-bond donors (Lipinski definition) is 1. The Morgan fingerprint density at radius 2 is 2.20 bits per heavy atom. The van der Waals surface area contributed by atoms with Gasteiger partial charge in [0.2, 0.25) is 0 Å². The van der Waals surface area contributed by atoms with Gasteiger partial charge in [0.05, 0.1) is 5.56 Å². The number of nitrogens with zero attached hydrogens (tertiary/aromatic N) is 2. The van der Waals surface area contributed by atoms with Gasteiger partial charge in [0.1, 0.15) is 4.99 Å². The lowest BCUT2D eigenvalue weighted by Crippen LogP contribution is -2.38. The molecule has 0 amide bonds. The van der Waals surface area contributed by atoms with E-state index in [0.29, 0.717) is 5.56 Å². The van der Waals surface area contributed by atoms with Gasteiger partial charge in [-0.1, -0.05) is 32.5 Å². The third-order valence-electron chi connectivity index (χ3n) is 4.00. The highest BCUT2D eigenvalue weighted by atomic mass is 32.1. The molecular weight excluding hydrogens is 270 g/mol. The van der Waals surface area contributed by atoms with Gasteiger partial charge in [-0.05, 0) is 24.6 Å². The Morgan fingerprint density at radius 3 is 2.80 bits per heavy atom. The average Bonchev–Trinajstić information content (AvgIpc) is 2.45. The first kappa shape index (κ1) is 15.2. The highest BCUT2D eigenvalue weighted by Gasteiger charge is 2.21. The molecule has 0 spiro atoms. The molecule has 2 rings (SSSR count). The van der Waals surface area contributed by atoms with Crippen LogP contribution in [-0.2, 0) is 19.5 Å². The van der Waals surface area contributed by atoms with Gasteiger partial charge in [-0.15, -0.1) is 0 Å². The van der Waals surface area contributed by atoms with E-state index in [9.17, 15) is 4.79 Å². The smallest absolute Gasteiger partial charge is 0.261 e. The number of unbranched alkanes of at least 4 members (excludes halogenated alkanes) is 1. The van der Waals surface area contributed by atoms with E-state index < -0.39 is 0 Å². The van der Waals surface area contributed by atoms with Crippen molar-refractivity contribution in [3.05, 3.63) is 33.2 Å². The molecule has 1 aromatic rings. The summed E-state index contributed by atoms with van der Waals surface area (Å²) in [6.45, 7) is 7.98. The van der Waals surface area contributed by atoms with Crippen LogP contribution in [0, 0.1) is 0 Å². The molecule has 2 heterocycles. The molecule has 2 N–H and O–H groups in total. The summed E-state index contributed by atoms with van der Waals surface area (Å²) in [6, 6.07) is 1.91. The molecule has 0 aromatic carbocycles. The van der Waals surface area contributed by atoms with Crippen molar-refractivity contribution in [1.29, 1.82) is 0 Å².